The summed E-state index contributed by atoms with van der Waals surface area (Å²) < 4.78 is 16.7. The molecule has 0 aromatic carbocycles. The van der Waals surface area contributed by atoms with Crippen LogP contribution < -0.4 is 0 Å². The van der Waals surface area contributed by atoms with Gasteiger partial charge in [0.2, 0.25) is 0 Å². The zero-order valence-corrected chi connectivity index (χ0v) is 35.3. The van der Waals surface area contributed by atoms with E-state index in [4.69, 9.17) is 14.2 Å². The van der Waals surface area contributed by atoms with E-state index in [1.165, 1.54) is 148 Å². The predicted molar refractivity (Wildman–Crippen MR) is 220 cm³/mol. The van der Waals surface area contributed by atoms with Crippen LogP contribution in [0.5, 0.6) is 0 Å². The zero-order chi connectivity index (χ0) is 38.2. The van der Waals surface area contributed by atoms with Crippen molar-refractivity contribution in [1.82, 2.24) is 0 Å². The van der Waals surface area contributed by atoms with Gasteiger partial charge in [0.15, 0.2) is 6.10 Å². The number of ether oxygens (including phenoxy) is 3. The maximum atomic E-state index is 12.7. The largest absolute Gasteiger partial charge is 0.462 e. The fraction of sp³-hybridized carbons (Fsp3) is 0.935. The highest BCUT2D eigenvalue weighted by Crippen LogP contribution is 2.16. The molecule has 6 heteroatoms. The lowest BCUT2D eigenvalue weighted by molar-refractivity contribution is -0.167. The second-order valence-electron chi connectivity index (χ2n) is 15.9. The summed E-state index contributed by atoms with van der Waals surface area (Å²) in [5.74, 6) is -0.0422. The van der Waals surface area contributed by atoms with Gasteiger partial charge in [-0.15, -0.1) is 0 Å². The lowest BCUT2D eigenvalue weighted by atomic mass is 10.00. The molecule has 0 saturated carbocycles. The number of carbonyl (C=O) groups is 3. The minimum absolute atomic E-state index is 0.0643. The van der Waals surface area contributed by atoms with E-state index in [2.05, 4.69) is 27.7 Å². The molecule has 0 aliphatic heterocycles. The fourth-order valence-electron chi connectivity index (χ4n) is 6.77. The van der Waals surface area contributed by atoms with E-state index in [0.717, 1.165) is 63.7 Å². The maximum absolute atomic E-state index is 12.7. The van der Waals surface area contributed by atoms with Crippen molar-refractivity contribution in [2.45, 2.75) is 259 Å². The van der Waals surface area contributed by atoms with Crippen molar-refractivity contribution in [2.75, 3.05) is 13.2 Å². The van der Waals surface area contributed by atoms with Crippen LogP contribution in [-0.4, -0.2) is 37.2 Å². The lowest BCUT2D eigenvalue weighted by Crippen LogP contribution is -2.30. The molecule has 52 heavy (non-hydrogen) atoms. The number of unbranched alkanes of at least 4 members (excludes halogenated alkanes) is 27. The van der Waals surface area contributed by atoms with Crippen LogP contribution in [0.3, 0.4) is 0 Å². The maximum Gasteiger partial charge on any atom is 0.306 e. The summed E-state index contributed by atoms with van der Waals surface area (Å²) in [5, 5.41) is 0. The summed E-state index contributed by atoms with van der Waals surface area (Å²) in [5.41, 5.74) is 0. The quantitative estimate of drug-likeness (QED) is 0.0353. The third-order valence-electron chi connectivity index (χ3n) is 10.7. The number of hydrogen-bond acceptors (Lipinski definition) is 6. The minimum Gasteiger partial charge on any atom is -0.462 e. The van der Waals surface area contributed by atoms with E-state index >= 15 is 0 Å². The average molecular weight is 737 g/mol. The van der Waals surface area contributed by atoms with Crippen LogP contribution in [0.2, 0.25) is 0 Å². The van der Waals surface area contributed by atoms with E-state index in [9.17, 15) is 14.4 Å². The summed E-state index contributed by atoms with van der Waals surface area (Å²) >= 11 is 0. The summed E-state index contributed by atoms with van der Waals surface area (Å²) in [6.07, 6.45) is 39.4. The Balaban J connectivity index is 4.34. The van der Waals surface area contributed by atoms with Gasteiger partial charge in [-0.2, -0.15) is 0 Å². The number of rotatable bonds is 41. The smallest absolute Gasteiger partial charge is 0.306 e. The van der Waals surface area contributed by atoms with Crippen molar-refractivity contribution < 1.29 is 28.6 Å². The van der Waals surface area contributed by atoms with Crippen molar-refractivity contribution in [2.24, 2.45) is 5.92 Å². The van der Waals surface area contributed by atoms with Gasteiger partial charge in [-0.05, 0) is 25.2 Å². The molecule has 2 atom stereocenters. The molecular formula is C46H88O6. The van der Waals surface area contributed by atoms with Crippen LogP contribution in [0.15, 0.2) is 0 Å². The van der Waals surface area contributed by atoms with Crippen LogP contribution in [0, 0.1) is 5.92 Å². The van der Waals surface area contributed by atoms with E-state index in [1.807, 2.05) is 0 Å². The number of esters is 3. The third-order valence-corrected chi connectivity index (χ3v) is 10.7. The molecule has 0 saturated heterocycles. The molecule has 0 aliphatic carbocycles. The van der Waals surface area contributed by atoms with Crippen molar-refractivity contribution in [3.05, 3.63) is 0 Å². The Morgan fingerprint density at radius 2 is 0.673 bits per heavy atom. The van der Waals surface area contributed by atoms with E-state index < -0.39 is 6.10 Å². The third kappa shape index (κ3) is 38.1. The van der Waals surface area contributed by atoms with Crippen LogP contribution in [0.1, 0.15) is 252 Å². The van der Waals surface area contributed by atoms with Gasteiger partial charge >= 0.3 is 17.9 Å². The standard InChI is InChI=1S/C46H88O6/c1-5-8-10-12-14-16-18-19-21-23-25-31-35-39-46(49)52-43(41-51-45(48)38-34-30-27-26-28-32-36-42(4)7-3)40-50-44(47)37-33-29-24-22-20-17-15-13-11-9-6-2/h42-43H,5-41H2,1-4H3/t42?,43-/m1/s1. The van der Waals surface area contributed by atoms with Gasteiger partial charge in [0, 0.05) is 19.3 Å². The van der Waals surface area contributed by atoms with Crippen molar-refractivity contribution >= 4 is 17.9 Å². The van der Waals surface area contributed by atoms with Crippen LogP contribution in [0.4, 0.5) is 0 Å². The Bertz CT molecular complexity index is 783. The van der Waals surface area contributed by atoms with Gasteiger partial charge in [-0.25, -0.2) is 0 Å². The first-order valence-electron chi connectivity index (χ1n) is 22.9. The summed E-state index contributed by atoms with van der Waals surface area (Å²) in [4.78, 5) is 37.7. The van der Waals surface area contributed by atoms with Gasteiger partial charge in [0.1, 0.15) is 13.2 Å². The van der Waals surface area contributed by atoms with E-state index in [0.29, 0.717) is 19.3 Å². The molecule has 0 amide bonds. The molecule has 0 aliphatic rings. The summed E-state index contributed by atoms with van der Waals surface area (Å²) in [6, 6.07) is 0. The highest BCUT2D eigenvalue weighted by molar-refractivity contribution is 5.71. The molecule has 6 nitrogen and oxygen atoms in total. The first-order chi connectivity index (χ1) is 25.4. The van der Waals surface area contributed by atoms with Crippen molar-refractivity contribution in [1.29, 1.82) is 0 Å². The summed E-state index contributed by atoms with van der Waals surface area (Å²) in [6.45, 7) is 8.96. The molecule has 1 unspecified atom stereocenters. The number of carbonyl (C=O) groups excluding carboxylic acids is 3. The molecule has 0 spiro atoms. The fourth-order valence-corrected chi connectivity index (χ4v) is 6.77. The van der Waals surface area contributed by atoms with Gasteiger partial charge in [0.25, 0.3) is 0 Å². The molecule has 0 rings (SSSR count). The second-order valence-corrected chi connectivity index (χ2v) is 15.9. The van der Waals surface area contributed by atoms with Crippen molar-refractivity contribution in [3.63, 3.8) is 0 Å². The molecule has 0 bridgehead atoms. The highest BCUT2D eigenvalue weighted by Gasteiger charge is 2.19. The van der Waals surface area contributed by atoms with Gasteiger partial charge in [-0.3, -0.25) is 14.4 Å². The highest BCUT2D eigenvalue weighted by atomic mass is 16.6. The Kier molecular flexibility index (Phi) is 39.4. The zero-order valence-electron chi connectivity index (χ0n) is 35.3. The van der Waals surface area contributed by atoms with Gasteiger partial charge in [0.05, 0.1) is 0 Å². The van der Waals surface area contributed by atoms with E-state index in [1.54, 1.807) is 0 Å². The topological polar surface area (TPSA) is 78.9 Å². The second kappa shape index (κ2) is 40.6. The molecule has 0 radical (unpaired) electrons. The first-order valence-corrected chi connectivity index (χ1v) is 22.9. The van der Waals surface area contributed by atoms with Gasteiger partial charge in [-0.1, -0.05) is 214 Å². The predicted octanol–water partition coefficient (Wildman–Crippen LogP) is 14.3. The van der Waals surface area contributed by atoms with Crippen LogP contribution in [0.25, 0.3) is 0 Å². The van der Waals surface area contributed by atoms with Crippen LogP contribution >= 0.6 is 0 Å². The summed E-state index contributed by atoms with van der Waals surface area (Å²) in [7, 11) is 0. The normalized spacial score (nSPS) is 12.5. The average Bonchev–Trinajstić information content (AvgIpc) is 3.14. The Labute approximate surface area is 323 Å². The molecule has 0 heterocycles. The Hall–Kier alpha value is -1.59. The van der Waals surface area contributed by atoms with E-state index in [-0.39, 0.29) is 31.1 Å². The molecule has 0 aromatic rings. The molecular weight excluding hydrogens is 648 g/mol. The lowest BCUT2D eigenvalue weighted by Gasteiger charge is -2.18. The molecule has 0 fully saturated rings. The SMILES string of the molecule is CCCCCCCCCCCCCCCC(=O)O[C@H](COC(=O)CCCCCCCCCCCCC)COC(=O)CCCCCCCCC(C)CC. The Morgan fingerprint density at radius 3 is 1.00 bits per heavy atom. The van der Waals surface area contributed by atoms with Gasteiger partial charge < -0.3 is 14.2 Å². The van der Waals surface area contributed by atoms with Crippen molar-refractivity contribution in [3.8, 4) is 0 Å². The molecule has 0 aromatic heterocycles. The minimum atomic E-state index is -0.759. The number of hydrogen-bond donors (Lipinski definition) is 0. The molecule has 308 valence electrons. The van der Waals surface area contributed by atoms with Crippen LogP contribution in [-0.2, 0) is 28.6 Å². The molecule has 0 N–H and O–H groups in total. The monoisotopic (exact) mass is 737 g/mol. The Morgan fingerprint density at radius 1 is 0.385 bits per heavy atom. The first kappa shape index (κ1) is 50.4.